The van der Waals surface area contributed by atoms with E-state index in [0.29, 0.717) is 24.5 Å². The van der Waals surface area contributed by atoms with E-state index < -0.39 is 4.92 Å². The number of aliphatic hydroxyl groups is 1. The molecule has 0 aliphatic heterocycles. The molecule has 0 fully saturated rings. The van der Waals surface area contributed by atoms with Crippen molar-refractivity contribution in [3.05, 3.63) is 64.0 Å². The van der Waals surface area contributed by atoms with Crippen LogP contribution in [0.25, 0.3) is 0 Å². The monoisotopic (exact) mass is 305 g/mol. The van der Waals surface area contributed by atoms with Gasteiger partial charge in [0.25, 0.3) is 5.69 Å². The first kappa shape index (κ1) is 15.7. The van der Waals surface area contributed by atoms with Gasteiger partial charge in [0.15, 0.2) is 0 Å². The minimum Gasteiger partial charge on any atom is -0.395 e. The third-order valence-corrected chi connectivity index (χ3v) is 3.04. The summed E-state index contributed by atoms with van der Waals surface area (Å²) in [6.07, 6.45) is 0. The number of nitrogens with zero attached hydrogens (tertiary/aromatic N) is 1. The second kappa shape index (κ2) is 7.37. The Kier molecular flexibility index (Phi) is 5.26. The predicted molar refractivity (Wildman–Crippen MR) is 82.4 cm³/mol. The largest absolute Gasteiger partial charge is 0.395 e. The van der Waals surface area contributed by atoms with Crippen LogP contribution in [0.4, 0.5) is 21.5 Å². The quantitative estimate of drug-likeness (QED) is 0.541. The summed E-state index contributed by atoms with van der Waals surface area (Å²) in [5.74, 6) is -0.315. The Hall–Kier alpha value is -2.67. The van der Waals surface area contributed by atoms with Gasteiger partial charge in [-0.25, -0.2) is 4.39 Å². The Morgan fingerprint density at radius 2 is 1.82 bits per heavy atom. The number of nitro benzene ring substituents is 1. The van der Waals surface area contributed by atoms with Gasteiger partial charge in [-0.2, -0.15) is 0 Å². The van der Waals surface area contributed by atoms with E-state index in [1.807, 2.05) is 0 Å². The maximum absolute atomic E-state index is 12.9. The molecule has 0 bridgehead atoms. The van der Waals surface area contributed by atoms with Crippen molar-refractivity contribution in [2.45, 2.75) is 6.54 Å². The first-order valence-electron chi connectivity index (χ1n) is 6.71. The fourth-order valence-corrected chi connectivity index (χ4v) is 1.94. The van der Waals surface area contributed by atoms with E-state index in [9.17, 15) is 14.5 Å². The lowest BCUT2D eigenvalue weighted by molar-refractivity contribution is -0.384. The normalized spacial score (nSPS) is 10.3. The Morgan fingerprint density at radius 1 is 1.09 bits per heavy atom. The van der Waals surface area contributed by atoms with Crippen LogP contribution in [-0.4, -0.2) is 23.2 Å². The highest BCUT2D eigenvalue weighted by molar-refractivity contribution is 5.72. The zero-order chi connectivity index (χ0) is 15.9. The van der Waals surface area contributed by atoms with Gasteiger partial charge in [-0.1, -0.05) is 12.1 Å². The van der Waals surface area contributed by atoms with Crippen LogP contribution in [0, 0.1) is 15.9 Å². The first-order valence-corrected chi connectivity index (χ1v) is 6.71. The van der Waals surface area contributed by atoms with E-state index >= 15 is 0 Å². The molecule has 0 aliphatic rings. The molecule has 0 unspecified atom stereocenters. The van der Waals surface area contributed by atoms with Crippen molar-refractivity contribution in [3.63, 3.8) is 0 Å². The van der Waals surface area contributed by atoms with Crippen LogP contribution in [0.1, 0.15) is 5.56 Å². The number of nitro groups is 1. The van der Waals surface area contributed by atoms with Gasteiger partial charge in [0.05, 0.1) is 22.9 Å². The van der Waals surface area contributed by atoms with E-state index in [2.05, 4.69) is 10.6 Å². The highest BCUT2D eigenvalue weighted by Gasteiger charge is 2.10. The minimum atomic E-state index is -0.473. The van der Waals surface area contributed by atoms with Crippen molar-refractivity contribution >= 4 is 17.1 Å². The minimum absolute atomic E-state index is 0.0313. The predicted octanol–water partition coefficient (Wildman–Crippen LogP) is 2.75. The highest BCUT2D eigenvalue weighted by Crippen LogP contribution is 2.27. The number of anilines is 2. The molecule has 116 valence electrons. The molecule has 0 aliphatic carbocycles. The third-order valence-electron chi connectivity index (χ3n) is 3.04. The van der Waals surface area contributed by atoms with Crippen molar-refractivity contribution < 1.29 is 14.4 Å². The maximum atomic E-state index is 12.9. The Balaban J connectivity index is 2.16. The molecule has 0 spiro atoms. The number of non-ortho nitro benzene ring substituents is 1. The number of aliphatic hydroxyl groups excluding tert-OH is 1. The Bertz CT molecular complexity index is 647. The van der Waals surface area contributed by atoms with Crippen molar-refractivity contribution in [2.24, 2.45) is 0 Å². The summed E-state index contributed by atoms with van der Waals surface area (Å²) < 4.78 is 12.9. The van der Waals surface area contributed by atoms with Gasteiger partial charge in [0.1, 0.15) is 5.82 Å². The molecule has 2 aromatic carbocycles. The standard InChI is InChI=1S/C15H16FN3O3/c16-12-3-1-11(2-4-12)10-18-15-9-13(19(21)22)5-6-14(15)17-7-8-20/h1-6,9,17-18,20H,7-8,10H2. The number of hydrogen-bond donors (Lipinski definition) is 3. The van der Waals surface area contributed by atoms with Crippen LogP contribution < -0.4 is 10.6 Å². The van der Waals surface area contributed by atoms with Gasteiger partial charge >= 0.3 is 0 Å². The molecule has 2 aromatic rings. The van der Waals surface area contributed by atoms with Crippen LogP contribution in [0.3, 0.4) is 0 Å². The Labute approximate surface area is 126 Å². The van der Waals surface area contributed by atoms with E-state index in [4.69, 9.17) is 5.11 Å². The maximum Gasteiger partial charge on any atom is 0.271 e. The lowest BCUT2D eigenvalue weighted by atomic mass is 10.2. The van der Waals surface area contributed by atoms with Crippen molar-refractivity contribution in [2.75, 3.05) is 23.8 Å². The molecule has 0 saturated carbocycles. The fourth-order valence-electron chi connectivity index (χ4n) is 1.94. The smallest absolute Gasteiger partial charge is 0.271 e. The zero-order valence-electron chi connectivity index (χ0n) is 11.8. The number of benzene rings is 2. The zero-order valence-corrected chi connectivity index (χ0v) is 11.8. The molecular formula is C15H16FN3O3. The number of hydrogen-bond acceptors (Lipinski definition) is 5. The van der Waals surface area contributed by atoms with Gasteiger partial charge in [0, 0.05) is 25.2 Å². The van der Waals surface area contributed by atoms with E-state index in [0.717, 1.165) is 5.56 Å². The van der Waals surface area contributed by atoms with Crippen LogP contribution in [0.2, 0.25) is 0 Å². The topological polar surface area (TPSA) is 87.4 Å². The number of rotatable bonds is 7. The molecule has 22 heavy (non-hydrogen) atoms. The Morgan fingerprint density at radius 3 is 2.45 bits per heavy atom. The molecule has 7 heteroatoms. The van der Waals surface area contributed by atoms with Gasteiger partial charge in [0.2, 0.25) is 0 Å². The van der Waals surface area contributed by atoms with Gasteiger partial charge in [-0.3, -0.25) is 10.1 Å². The molecule has 0 saturated heterocycles. The molecule has 0 radical (unpaired) electrons. The second-order valence-electron chi connectivity index (χ2n) is 4.62. The van der Waals surface area contributed by atoms with E-state index in [-0.39, 0.29) is 18.1 Å². The van der Waals surface area contributed by atoms with E-state index in [1.165, 1.54) is 24.3 Å². The summed E-state index contributed by atoms with van der Waals surface area (Å²) in [4.78, 5) is 10.4. The van der Waals surface area contributed by atoms with Gasteiger partial charge in [-0.05, 0) is 23.8 Å². The molecule has 0 amide bonds. The molecule has 6 nitrogen and oxygen atoms in total. The number of nitrogens with one attached hydrogen (secondary N) is 2. The SMILES string of the molecule is O=[N+]([O-])c1ccc(NCCO)c(NCc2ccc(F)cc2)c1. The van der Waals surface area contributed by atoms with Gasteiger partial charge < -0.3 is 15.7 Å². The summed E-state index contributed by atoms with van der Waals surface area (Å²) in [5, 5.41) is 25.8. The summed E-state index contributed by atoms with van der Waals surface area (Å²) in [6.45, 7) is 0.687. The van der Waals surface area contributed by atoms with Crippen LogP contribution in [0.5, 0.6) is 0 Å². The van der Waals surface area contributed by atoms with Crippen molar-refractivity contribution in [3.8, 4) is 0 Å². The lowest BCUT2D eigenvalue weighted by Gasteiger charge is -2.13. The fraction of sp³-hybridized carbons (Fsp3) is 0.200. The van der Waals surface area contributed by atoms with E-state index in [1.54, 1.807) is 18.2 Å². The molecule has 3 N–H and O–H groups in total. The van der Waals surface area contributed by atoms with Crippen molar-refractivity contribution in [1.29, 1.82) is 0 Å². The highest BCUT2D eigenvalue weighted by atomic mass is 19.1. The summed E-state index contributed by atoms with van der Waals surface area (Å²) >= 11 is 0. The molecule has 0 heterocycles. The second-order valence-corrected chi connectivity index (χ2v) is 4.62. The lowest BCUT2D eigenvalue weighted by Crippen LogP contribution is -2.09. The van der Waals surface area contributed by atoms with Crippen LogP contribution in [-0.2, 0) is 6.54 Å². The first-order chi connectivity index (χ1) is 10.6. The van der Waals surface area contributed by atoms with Crippen molar-refractivity contribution in [1.82, 2.24) is 0 Å². The van der Waals surface area contributed by atoms with Gasteiger partial charge in [-0.15, -0.1) is 0 Å². The molecule has 0 aromatic heterocycles. The summed E-state index contributed by atoms with van der Waals surface area (Å²) in [7, 11) is 0. The summed E-state index contributed by atoms with van der Waals surface area (Å²) in [5.41, 5.74) is 2.02. The molecule has 2 rings (SSSR count). The molecule has 0 atom stereocenters. The average molecular weight is 305 g/mol. The number of halogens is 1. The van der Waals surface area contributed by atoms with Crippen LogP contribution >= 0.6 is 0 Å². The molecular weight excluding hydrogens is 289 g/mol. The third kappa shape index (κ3) is 4.16. The summed E-state index contributed by atoms with van der Waals surface area (Å²) in [6, 6.07) is 10.4. The van der Waals surface area contributed by atoms with Crippen LogP contribution in [0.15, 0.2) is 42.5 Å². The average Bonchev–Trinajstić information content (AvgIpc) is 2.52.